The van der Waals surface area contributed by atoms with Crippen LogP contribution in [0, 0.1) is 0 Å². The van der Waals surface area contributed by atoms with Gasteiger partial charge in [0.25, 0.3) is 0 Å². The Morgan fingerprint density at radius 3 is 2.53 bits per heavy atom. The summed E-state index contributed by atoms with van der Waals surface area (Å²) in [5.41, 5.74) is 0.825. The van der Waals surface area contributed by atoms with Gasteiger partial charge in [0.2, 0.25) is 5.65 Å². The first-order valence-electron chi connectivity index (χ1n) is 9.49. The Morgan fingerprint density at radius 1 is 1.10 bits per heavy atom. The quantitative estimate of drug-likeness (QED) is 0.444. The number of sulfone groups is 1. The smallest absolute Gasteiger partial charge is 0.317 e. The normalized spacial score (nSPS) is 17.5. The lowest BCUT2D eigenvalue weighted by molar-refractivity contribution is 0.277. The third kappa shape index (κ3) is 3.13. The van der Waals surface area contributed by atoms with Crippen molar-refractivity contribution < 1.29 is 13.2 Å². The van der Waals surface area contributed by atoms with E-state index in [0.717, 1.165) is 5.39 Å². The molecule has 0 radical (unpaired) electrons. The Labute approximate surface area is 177 Å². The molecule has 0 bridgehead atoms. The van der Waals surface area contributed by atoms with E-state index in [0.29, 0.717) is 42.3 Å². The monoisotopic (exact) mass is 445 g/mol. The molecule has 0 amide bonds. The molecule has 5 rings (SSSR count). The van der Waals surface area contributed by atoms with Crippen LogP contribution in [-0.2, 0) is 14.4 Å². The highest BCUT2D eigenvalue weighted by Crippen LogP contribution is 2.33. The van der Waals surface area contributed by atoms with Crippen LogP contribution >= 0.6 is 11.6 Å². The van der Waals surface area contributed by atoms with Crippen molar-refractivity contribution in [3.05, 3.63) is 53.6 Å². The minimum absolute atomic E-state index is 0.0593. The number of hydrogen-bond donors (Lipinski definition) is 0. The predicted molar refractivity (Wildman–Crippen MR) is 111 cm³/mol. The molecule has 4 aromatic rings. The van der Waals surface area contributed by atoms with Crippen LogP contribution in [0.25, 0.3) is 16.6 Å². The van der Waals surface area contributed by atoms with Crippen LogP contribution in [0.2, 0.25) is 5.02 Å². The van der Waals surface area contributed by atoms with Gasteiger partial charge >= 0.3 is 5.03 Å². The SMILES string of the molecule is O=[S+]([O-])(c1ccc(Cl)cc1)c1nnn2c1nc(N1CCC(F)CC1)c1ccccc12. The molecule has 1 saturated heterocycles. The number of benzene rings is 2. The number of fused-ring (bicyclic) bond motifs is 3. The summed E-state index contributed by atoms with van der Waals surface area (Å²) in [6.45, 7) is 1.02. The summed E-state index contributed by atoms with van der Waals surface area (Å²) in [5.74, 6) is 0.611. The maximum atomic E-state index is 13.7. The summed E-state index contributed by atoms with van der Waals surface area (Å²) < 4.78 is 41.6. The molecule has 2 aromatic carbocycles. The summed E-state index contributed by atoms with van der Waals surface area (Å²) >= 11 is 5.89. The number of nitrogens with zero attached hydrogens (tertiary/aromatic N) is 5. The van der Waals surface area contributed by atoms with Gasteiger partial charge in [0.1, 0.15) is 22.2 Å². The van der Waals surface area contributed by atoms with Crippen molar-refractivity contribution in [2.24, 2.45) is 0 Å². The number of rotatable bonds is 3. The lowest BCUT2D eigenvalue weighted by atomic mass is 10.1. The average molecular weight is 446 g/mol. The van der Waals surface area contributed by atoms with Gasteiger partial charge in [-0.2, -0.15) is 4.52 Å². The maximum Gasteiger partial charge on any atom is 0.317 e. The number of halogens is 2. The van der Waals surface area contributed by atoms with Gasteiger partial charge in [0, 0.05) is 23.5 Å². The number of para-hydroxylation sites is 1. The zero-order chi connectivity index (χ0) is 20.9. The number of anilines is 1. The molecule has 1 unspecified atom stereocenters. The van der Waals surface area contributed by atoms with E-state index in [1.807, 2.05) is 29.2 Å². The molecule has 0 N–H and O–H groups in total. The van der Waals surface area contributed by atoms with Gasteiger partial charge in [0.15, 0.2) is 4.90 Å². The molecule has 10 heteroatoms. The van der Waals surface area contributed by atoms with E-state index >= 15 is 0 Å². The van der Waals surface area contributed by atoms with Crippen LogP contribution in [0.15, 0.2) is 58.5 Å². The van der Waals surface area contributed by atoms with Gasteiger partial charge in [-0.3, -0.25) is 0 Å². The third-order valence-electron chi connectivity index (χ3n) is 5.30. The lowest BCUT2D eigenvalue weighted by Gasteiger charge is -2.30. The van der Waals surface area contributed by atoms with Crippen molar-refractivity contribution in [3.8, 4) is 0 Å². The molecule has 1 aliphatic rings. The molecule has 7 nitrogen and oxygen atoms in total. The Balaban J connectivity index is 1.72. The van der Waals surface area contributed by atoms with Crippen LogP contribution in [0.1, 0.15) is 12.8 Å². The van der Waals surface area contributed by atoms with E-state index in [1.54, 1.807) is 0 Å². The van der Waals surface area contributed by atoms with E-state index in [9.17, 15) is 13.2 Å². The van der Waals surface area contributed by atoms with Gasteiger partial charge in [-0.1, -0.05) is 38.3 Å². The average Bonchev–Trinajstić information content (AvgIpc) is 3.19. The fourth-order valence-corrected chi connectivity index (χ4v) is 5.09. The molecule has 30 heavy (non-hydrogen) atoms. The van der Waals surface area contributed by atoms with Crippen LogP contribution in [0.5, 0.6) is 0 Å². The number of hydrogen-bond acceptors (Lipinski definition) is 6. The van der Waals surface area contributed by atoms with Gasteiger partial charge < -0.3 is 9.45 Å². The van der Waals surface area contributed by atoms with Crippen LogP contribution in [0.3, 0.4) is 0 Å². The molecule has 1 atom stereocenters. The second-order valence-corrected chi connectivity index (χ2v) is 9.50. The van der Waals surface area contributed by atoms with Crippen molar-refractivity contribution in [1.29, 1.82) is 0 Å². The highest BCUT2D eigenvalue weighted by molar-refractivity contribution is 7.97. The Bertz CT molecular complexity index is 1290. The summed E-state index contributed by atoms with van der Waals surface area (Å²) in [6.07, 6.45) is -0.00258. The van der Waals surface area contributed by atoms with Crippen molar-refractivity contribution >= 4 is 44.2 Å². The molecule has 1 fully saturated rings. The first kappa shape index (κ1) is 19.3. The molecule has 0 spiro atoms. The third-order valence-corrected chi connectivity index (χ3v) is 7.22. The topological polar surface area (TPSA) is 86.4 Å². The van der Waals surface area contributed by atoms with Crippen LogP contribution in [0.4, 0.5) is 10.2 Å². The van der Waals surface area contributed by atoms with Crippen LogP contribution in [-0.4, -0.2) is 43.6 Å². The summed E-state index contributed by atoms with van der Waals surface area (Å²) in [6, 6.07) is 13.3. The minimum atomic E-state index is -3.96. The minimum Gasteiger partial charge on any atom is -0.604 e. The molecule has 0 aliphatic carbocycles. The second-order valence-electron chi connectivity index (χ2n) is 7.20. The van der Waals surface area contributed by atoms with Crippen molar-refractivity contribution in [2.45, 2.75) is 28.9 Å². The van der Waals surface area contributed by atoms with Crippen LogP contribution < -0.4 is 4.90 Å². The van der Waals surface area contributed by atoms with Gasteiger partial charge in [-0.25, -0.2) is 9.37 Å². The van der Waals surface area contributed by atoms with E-state index < -0.39 is 16.4 Å². The largest absolute Gasteiger partial charge is 0.604 e. The van der Waals surface area contributed by atoms with E-state index in [1.165, 1.54) is 28.8 Å². The Hall–Kier alpha value is -2.62. The zero-order valence-corrected chi connectivity index (χ0v) is 17.3. The first-order valence-corrected chi connectivity index (χ1v) is 11.3. The molecule has 3 heterocycles. The molecule has 154 valence electrons. The van der Waals surface area contributed by atoms with Crippen molar-refractivity contribution in [1.82, 2.24) is 19.8 Å². The van der Waals surface area contributed by atoms with Gasteiger partial charge in [-0.05, 0) is 49.2 Å². The van der Waals surface area contributed by atoms with Gasteiger partial charge in [0.05, 0.1) is 5.52 Å². The molecule has 2 aromatic heterocycles. The fraction of sp³-hybridized carbons (Fsp3) is 0.250. The lowest BCUT2D eigenvalue weighted by Crippen LogP contribution is -2.35. The summed E-state index contributed by atoms with van der Waals surface area (Å²) in [4.78, 5) is 6.71. The van der Waals surface area contributed by atoms with Crippen molar-refractivity contribution in [3.63, 3.8) is 0 Å². The van der Waals surface area contributed by atoms with Crippen molar-refractivity contribution in [2.75, 3.05) is 18.0 Å². The molecular formula is C20H17ClFN5O2S. The number of piperidine rings is 1. The second kappa shape index (κ2) is 7.26. The Morgan fingerprint density at radius 2 is 1.80 bits per heavy atom. The van der Waals surface area contributed by atoms with E-state index in [4.69, 9.17) is 11.6 Å². The number of alkyl halides is 1. The summed E-state index contributed by atoms with van der Waals surface area (Å²) in [5, 5.41) is 9.06. The standard InChI is InChI=1S/C20H17ClFN5O2S/c21-13-5-7-15(8-6-13)30(28,29)20-19-23-18(26-11-9-14(22)10-12-26)16-3-1-2-4-17(16)27(19)25-24-20/h1-8,14H,9-12H2. The van der Waals surface area contributed by atoms with E-state index in [-0.39, 0.29) is 15.6 Å². The van der Waals surface area contributed by atoms with Gasteiger partial charge in [-0.15, -0.1) is 0 Å². The maximum absolute atomic E-state index is 13.7. The first-order chi connectivity index (χ1) is 14.4. The van der Waals surface area contributed by atoms with E-state index in [2.05, 4.69) is 15.3 Å². The highest BCUT2D eigenvalue weighted by atomic mass is 35.5. The summed E-state index contributed by atoms with van der Waals surface area (Å²) in [7, 11) is -3.96. The molecule has 0 saturated carbocycles. The number of aromatic nitrogens is 4. The fourth-order valence-electron chi connectivity index (χ4n) is 3.73. The highest BCUT2D eigenvalue weighted by Gasteiger charge is 2.33. The molecular weight excluding hydrogens is 429 g/mol. The zero-order valence-electron chi connectivity index (χ0n) is 15.7. The predicted octanol–water partition coefficient (Wildman–Crippen LogP) is 3.92. The Kier molecular flexibility index (Phi) is 4.68. The molecule has 1 aliphatic heterocycles.